The first-order chi connectivity index (χ1) is 10.4. The number of piperidine rings is 1. The number of rotatable bonds is 5. The number of hydrogen-bond donors (Lipinski definition) is 1. The third-order valence-electron chi connectivity index (χ3n) is 4.15. The molecule has 0 aromatic heterocycles. The lowest BCUT2D eigenvalue weighted by molar-refractivity contribution is 0.255. The highest BCUT2D eigenvalue weighted by atomic mass is 16.5. The topological polar surface area (TPSA) is 21.3 Å². The molecule has 1 unspecified atom stereocenters. The van der Waals surface area contributed by atoms with Gasteiger partial charge < -0.3 is 10.1 Å². The molecule has 1 heterocycles. The number of benzene rings is 2. The van der Waals surface area contributed by atoms with Crippen molar-refractivity contribution in [3.8, 4) is 16.9 Å². The summed E-state index contributed by atoms with van der Waals surface area (Å²) in [5, 5.41) is 3.47. The zero-order valence-electron chi connectivity index (χ0n) is 12.4. The highest BCUT2D eigenvalue weighted by molar-refractivity contribution is 5.70. The van der Waals surface area contributed by atoms with Crippen LogP contribution in [0, 0.1) is 5.92 Å². The molecule has 3 rings (SSSR count). The Kier molecular flexibility index (Phi) is 4.90. The van der Waals surface area contributed by atoms with E-state index in [0.29, 0.717) is 0 Å². The van der Waals surface area contributed by atoms with Gasteiger partial charge in [-0.05, 0) is 49.9 Å². The van der Waals surface area contributed by atoms with E-state index in [4.69, 9.17) is 4.74 Å². The quantitative estimate of drug-likeness (QED) is 0.890. The lowest BCUT2D eigenvalue weighted by atomic mass is 9.97. The molecule has 0 aliphatic carbocycles. The first-order valence-electron chi connectivity index (χ1n) is 7.91. The summed E-state index contributed by atoms with van der Waals surface area (Å²) in [6, 6.07) is 18.8. The van der Waals surface area contributed by atoms with Gasteiger partial charge in [-0.25, -0.2) is 0 Å². The minimum absolute atomic E-state index is 0.766. The Morgan fingerprint density at radius 2 is 1.81 bits per heavy atom. The smallest absolute Gasteiger partial charge is 0.127 e. The summed E-state index contributed by atoms with van der Waals surface area (Å²) in [6.45, 7) is 3.12. The SMILES string of the molecule is c1ccc(-c2ccccc2OCCC2CCCNC2)cc1. The third-order valence-corrected chi connectivity index (χ3v) is 4.15. The van der Waals surface area contributed by atoms with Gasteiger partial charge in [0.05, 0.1) is 6.61 Å². The summed E-state index contributed by atoms with van der Waals surface area (Å²) in [5.74, 6) is 1.76. The lowest BCUT2D eigenvalue weighted by Crippen LogP contribution is -2.30. The van der Waals surface area contributed by atoms with Crippen LogP contribution in [0.25, 0.3) is 11.1 Å². The first-order valence-corrected chi connectivity index (χ1v) is 7.91. The fourth-order valence-electron chi connectivity index (χ4n) is 2.95. The molecule has 0 spiro atoms. The molecular formula is C19H23NO. The molecule has 1 aliphatic heterocycles. The second kappa shape index (κ2) is 7.28. The molecule has 0 amide bonds. The average molecular weight is 281 g/mol. The van der Waals surface area contributed by atoms with Gasteiger partial charge in [0.15, 0.2) is 0 Å². The molecule has 110 valence electrons. The maximum Gasteiger partial charge on any atom is 0.127 e. The Hall–Kier alpha value is -1.80. The molecule has 2 heteroatoms. The highest BCUT2D eigenvalue weighted by Gasteiger charge is 2.13. The number of ether oxygens (including phenoxy) is 1. The van der Waals surface area contributed by atoms with Crippen LogP contribution < -0.4 is 10.1 Å². The molecule has 1 aliphatic rings. The minimum atomic E-state index is 0.766. The van der Waals surface area contributed by atoms with Crippen LogP contribution in [-0.2, 0) is 0 Å². The zero-order chi connectivity index (χ0) is 14.3. The predicted octanol–water partition coefficient (Wildman–Crippen LogP) is 4.12. The van der Waals surface area contributed by atoms with Gasteiger partial charge in [0, 0.05) is 5.56 Å². The van der Waals surface area contributed by atoms with Crippen LogP contribution >= 0.6 is 0 Å². The van der Waals surface area contributed by atoms with Crippen molar-refractivity contribution in [3.05, 3.63) is 54.6 Å². The van der Waals surface area contributed by atoms with E-state index in [9.17, 15) is 0 Å². The van der Waals surface area contributed by atoms with Gasteiger partial charge >= 0.3 is 0 Å². The van der Waals surface area contributed by atoms with E-state index < -0.39 is 0 Å². The van der Waals surface area contributed by atoms with E-state index in [2.05, 4.69) is 47.8 Å². The van der Waals surface area contributed by atoms with Crippen LogP contribution in [0.5, 0.6) is 5.75 Å². The summed E-state index contributed by atoms with van der Waals surface area (Å²) >= 11 is 0. The van der Waals surface area contributed by atoms with Crippen LogP contribution in [0.2, 0.25) is 0 Å². The summed E-state index contributed by atoms with van der Waals surface area (Å²) < 4.78 is 6.07. The van der Waals surface area contributed by atoms with E-state index in [-0.39, 0.29) is 0 Å². The van der Waals surface area contributed by atoms with Crippen LogP contribution in [0.1, 0.15) is 19.3 Å². The molecule has 1 fully saturated rings. The molecule has 0 radical (unpaired) electrons. The second-order valence-corrected chi connectivity index (χ2v) is 5.71. The highest BCUT2D eigenvalue weighted by Crippen LogP contribution is 2.29. The maximum absolute atomic E-state index is 6.07. The fraction of sp³-hybridized carbons (Fsp3) is 0.368. The summed E-state index contributed by atoms with van der Waals surface area (Å²) in [6.07, 6.45) is 3.76. The molecule has 1 saturated heterocycles. The Morgan fingerprint density at radius 3 is 2.62 bits per heavy atom. The van der Waals surface area contributed by atoms with Gasteiger partial charge in [-0.1, -0.05) is 48.5 Å². The van der Waals surface area contributed by atoms with Crippen LogP contribution in [0.4, 0.5) is 0 Å². The Bertz CT molecular complexity index is 547. The van der Waals surface area contributed by atoms with E-state index in [0.717, 1.165) is 31.2 Å². The van der Waals surface area contributed by atoms with Crippen molar-refractivity contribution in [1.29, 1.82) is 0 Å². The molecular weight excluding hydrogens is 258 g/mol. The summed E-state index contributed by atoms with van der Waals surface area (Å²) in [4.78, 5) is 0. The molecule has 0 saturated carbocycles. The number of para-hydroxylation sites is 1. The van der Waals surface area contributed by atoms with Crippen molar-refractivity contribution in [2.24, 2.45) is 5.92 Å². The van der Waals surface area contributed by atoms with E-state index in [1.54, 1.807) is 0 Å². The predicted molar refractivity (Wildman–Crippen MR) is 87.6 cm³/mol. The van der Waals surface area contributed by atoms with E-state index >= 15 is 0 Å². The molecule has 21 heavy (non-hydrogen) atoms. The van der Waals surface area contributed by atoms with Gasteiger partial charge in [0.25, 0.3) is 0 Å². The molecule has 1 N–H and O–H groups in total. The summed E-state index contributed by atoms with van der Waals surface area (Å²) in [7, 11) is 0. The van der Waals surface area contributed by atoms with Crippen molar-refractivity contribution in [2.75, 3.05) is 19.7 Å². The van der Waals surface area contributed by atoms with Crippen molar-refractivity contribution >= 4 is 0 Å². The maximum atomic E-state index is 6.07. The van der Waals surface area contributed by atoms with Crippen molar-refractivity contribution in [1.82, 2.24) is 5.32 Å². The molecule has 2 nitrogen and oxygen atoms in total. The van der Waals surface area contributed by atoms with Gasteiger partial charge in [0.2, 0.25) is 0 Å². The van der Waals surface area contributed by atoms with Crippen LogP contribution in [-0.4, -0.2) is 19.7 Å². The Morgan fingerprint density at radius 1 is 1.00 bits per heavy atom. The van der Waals surface area contributed by atoms with E-state index in [1.807, 2.05) is 12.1 Å². The van der Waals surface area contributed by atoms with Crippen LogP contribution in [0.3, 0.4) is 0 Å². The largest absolute Gasteiger partial charge is 0.493 e. The second-order valence-electron chi connectivity index (χ2n) is 5.71. The van der Waals surface area contributed by atoms with Crippen LogP contribution in [0.15, 0.2) is 54.6 Å². The Balaban J connectivity index is 1.63. The normalized spacial score (nSPS) is 18.4. The van der Waals surface area contributed by atoms with Crippen molar-refractivity contribution in [3.63, 3.8) is 0 Å². The number of nitrogens with one attached hydrogen (secondary N) is 1. The minimum Gasteiger partial charge on any atom is -0.493 e. The molecule has 2 aromatic rings. The van der Waals surface area contributed by atoms with Crippen molar-refractivity contribution in [2.45, 2.75) is 19.3 Å². The number of hydrogen-bond acceptors (Lipinski definition) is 2. The first kappa shape index (κ1) is 14.2. The lowest BCUT2D eigenvalue weighted by Gasteiger charge is -2.22. The molecule has 0 bridgehead atoms. The van der Waals surface area contributed by atoms with E-state index in [1.165, 1.54) is 30.5 Å². The van der Waals surface area contributed by atoms with Gasteiger partial charge in [-0.15, -0.1) is 0 Å². The van der Waals surface area contributed by atoms with Gasteiger partial charge in [-0.3, -0.25) is 0 Å². The average Bonchev–Trinajstić information content (AvgIpc) is 2.57. The molecule has 1 atom stereocenters. The monoisotopic (exact) mass is 281 g/mol. The Labute approximate surface area is 127 Å². The zero-order valence-corrected chi connectivity index (χ0v) is 12.4. The molecule has 2 aromatic carbocycles. The fourth-order valence-corrected chi connectivity index (χ4v) is 2.95. The summed E-state index contributed by atoms with van der Waals surface area (Å²) in [5.41, 5.74) is 2.40. The third kappa shape index (κ3) is 3.85. The van der Waals surface area contributed by atoms with Gasteiger partial charge in [0.1, 0.15) is 5.75 Å². The standard InChI is InChI=1S/C19H23NO/c1-2-8-17(9-3-1)18-10-4-5-11-19(18)21-14-12-16-7-6-13-20-15-16/h1-5,8-11,16,20H,6-7,12-15H2. The van der Waals surface area contributed by atoms with Gasteiger partial charge in [-0.2, -0.15) is 0 Å². The van der Waals surface area contributed by atoms with Crippen molar-refractivity contribution < 1.29 is 4.74 Å².